The second-order valence-corrected chi connectivity index (χ2v) is 6.34. The summed E-state index contributed by atoms with van der Waals surface area (Å²) in [7, 11) is 0. The number of nitrogens with zero attached hydrogens (tertiary/aromatic N) is 2. The first kappa shape index (κ1) is 14.2. The van der Waals surface area contributed by atoms with Crippen molar-refractivity contribution in [2.24, 2.45) is 0 Å². The molecule has 23 heavy (non-hydrogen) atoms. The maximum Gasteiger partial charge on any atom is 0.231 e. The lowest BCUT2D eigenvalue weighted by atomic mass is 10.2. The number of thiophene rings is 1. The Balaban J connectivity index is 1.79. The van der Waals surface area contributed by atoms with Crippen LogP contribution in [-0.4, -0.2) is 9.97 Å². The molecule has 0 radical (unpaired) electrons. The van der Waals surface area contributed by atoms with Crippen molar-refractivity contribution < 1.29 is 4.74 Å². The minimum atomic E-state index is 0.515. The SMILES string of the molecule is Clc1ccccc1Oc1ncnc2sc(-c3ccccc3)cc12. The topological polar surface area (TPSA) is 35.0 Å². The first-order valence-electron chi connectivity index (χ1n) is 7.03. The van der Waals surface area contributed by atoms with Crippen molar-refractivity contribution in [1.29, 1.82) is 0 Å². The zero-order valence-corrected chi connectivity index (χ0v) is 13.5. The molecule has 4 aromatic rings. The van der Waals surface area contributed by atoms with Gasteiger partial charge in [0.1, 0.15) is 16.9 Å². The van der Waals surface area contributed by atoms with Gasteiger partial charge in [0.25, 0.3) is 0 Å². The molecule has 0 saturated heterocycles. The van der Waals surface area contributed by atoms with Crippen LogP contribution in [0.5, 0.6) is 11.6 Å². The van der Waals surface area contributed by atoms with Gasteiger partial charge in [-0.25, -0.2) is 9.97 Å². The first-order valence-corrected chi connectivity index (χ1v) is 8.23. The lowest BCUT2D eigenvalue weighted by molar-refractivity contribution is 0.468. The van der Waals surface area contributed by atoms with Crippen molar-refractivity contribution in [2.75, 3.05) is 0 Å². The van der Waals surface area contributed by atoms with Crippen LogP contribution in [0.25, 0.3) is 20.7 Å². The third-order valence-corrected chi connectivity index (χ3v) is 4.80. The molecule has 2 aromatic heterocycles. The fourth-order valence-corrected chi connectivity index (χ4v) is 3.46. The van der Waals surface area contributed by atoms with Crippen molar-refractivity contribution in [2.45, 2.75) is 0 Å². The molecule has 0 bridgehead atoms. The molecule has 0 aliphatic carbocycles. The summed E-state index contributed by atoms with van der Waals surface area (Å²) in [6, 6.07) is 19.6. The number of aromatic nitrogens is 2. The number of para-hydroxylation sites is 1. The minimum Gasteiger partial charge on any atom is -0.437 e. The highest BCUT2D eigenvalue weighted by molar-refractivity contribution is 7.21. The number of hydrogen-bond acceptors (Lipinski definition) is 4. The molecule has 5 heteroatoms. The molecule has 0 spiro atoms. The van der Waals surface area contributed by atoms with Crippen molar-refractivity contribution in [3.05, 3.63) is 72.0 Å². The maximum absolute atomic E-state index is 6.16. The first-order chi connectivity index (χ1) is 11.3. The summed E-state index contributed by atoms with van der Waals surface area (Å²) in [5.74, 6) is 1.10. The average molecular weight is 339 g/mol. The predicted molar refractivity (Wildman–Crippen MR) is 94.4 cm³/mol. The van der Waals surface area contributed by atoms with Gasteiger partial charge in [0.2, 0.25) is 5.88 Å². The van der Waals surface area contributed by atoms with Crippen LogP contribution in [0.15, 0.2) is 67.0 Å². The molecule has 0 saturated carbocycles. The Morgan fingerprint density at radius 1 is 0.913 bits per heavy atom. The van der Waals surface area contributed by atoms with Crippen molar-refractivity contribution >= 4 is 33.2 Å². The van der Waals surface area contributed by atoms with Gasteiger partial charge in [0, 0.05) is 4.88 Å². The van der Waals surface area contributed by atoms with Crippen LogP contribution in [0, 0.1) is 0 Å². The Hall–Kier alpha value is -2.43. The summed E-state index contributed by atoms with van der Waals surface area (Å²) < 4.78 is 5.90. The van der Waals surface area contributed by atoms with Crippen molar-refractivity contribution in [3.63, 3.8) is 0 Å². The van der Waals surface area contributed by atoms with E-state index in [2.05, 4.69) is 28.2 Å². The van der Waals surface area contributed by atoms with Crippen LogP contribution in [0.1, 0.15) is 0 Å². The summed E-state index contributed by atoms with van der Waals surface area (Å²) in [4.78, 5) is 10.6. The number of fused-ring (bicyclic) bond motifs is 1. The summed E-state index contributed by atoms with van der Waals surface area (Å²) >= 11 is 7.78. The monoisotopic (exact) mass is 338 g/mol. The third-order valence-electron chi connectivity index (χ3n) is 3.39. The molecular weight excluding hydrogens is 328 g/mol. The molecule has 0 fully saturated rings. The van der Waals surface area contributed by atoms with Crippen LogP contribution in [0.4, 0.5) is 0 Å². The van der Waals surface area contributed by atoms with Gasteiger partial charge in [-0.15, -0.1) is 11.3 Å². The van der Waals surface area contributed by atoms with Gasteiger partial charge in [-0.3, -0.25) is 0 Å². The van der Waals surface area contributed by atoms with Crippen LogP contribution in [-0.2, 0) is 0 Å². The molecule has 4 rings (SSSR count). The van der Waals surface area contributed by atoms with E-state index < -0.39 is 0 Å². The lowest BCUT2D eigenvalue weighted by Gasteiger charge is -2.06. The van der Waals surface area contributed by atoms with E-state index in [1.165, 1.54) is 6.33 Å². The number of ether oxygens (including phenoxy) is 1. The Labute approximate surface area is 142 Å². The molecule has 0 atom stereocenters. The smallest absolute Gasteiger partial charge is 0.231 e. The molecule has 2 heterocycles. The Bertz CT molecular complexity index is 969. The van der Waals surface area contributed by atoms with Crippen molar-refractivity contribution in [3.8, 4) is 22.1 Å². The number of rotatable bonds is 3. The molecule has 0 aliphatic rings. The van der Waals surface area contributed by atoms with Gasteiger partial charge < -0.3 is 4.74 Å². The van der Waals surface area contributed by atoms with Crippen LogP contribution in [0.2, 0.25) is 5.02 Å². The minimum absolute atomic E-state index is 0.515. The summed E-state index contributed by atoms with van der Waals surface area (Å²) in [6.45, 7) is 0. The average Bonchev–Trinajstić information content (AvgIpc) is 3.03. The summed E-state index contributed by atoms with van der Waals surface area (Å²) in [5, 5.41) is 1.44. The van der Waals surface area contributed by atoms with E-state index in [4.69, 9.17) is 16.3 Å². The van der Waals surface area contributed by atoms with E-state index in [0.717, 1.165) is 20.7 Å². The van der Waals surface area contributed by atoms with Crippen LogP contribution < -0.4 is 4.74 Å². The van der Waals surface area contributed by atoms with E-state index in [9.17, 15) is 0 Å². The van der Waals surface area contributed by atoms with E-state index in [1.807, 2.05) is 36.4 Å². The molecule has 0 aliphatic heterocycles. The molecule has 0 unspecified atom stereocenters. The summed E-state index contributed by atoms with van der Waals surface area (Å²) in [6.07, 6.45) is 1.51. The number of halogens is 1. The zero-order chi connectivity index (χ0) is 15.6. The molecule has 3 nitrogen and oxygen atoms in total. The van der Waals surface area contributed by atoms with Crippen LogP contribution in [0.3, 0.4) is 0 Å². The fourth-order valence-electron chi connectivity index (χ4n) is 2.29. The fraction of sp³-hybridized carbons (Fsp3) is 0. The maximum atomic E-state index is 6.16. The van der Waals surface area contributed by atoms with E-state index in [-0.39, 0.29) is 0 Å². The van der Waals surface area contributed by atoms with Gasteiger partial charge in [-0.2, -0.15) is 0 Å². The quantitative estimate of drug-likeness (QED) is 0.473. The van der Waals surface area contributed by atoms with E-state index in [1.54, 1.807) is 17.4 Å². The molecule has 2 aromatic carbocycles. The van der Waals surface area contributed by atoms with Gasteiger partial charge in [0.05, 0.1) is 10.4 Å². The Morgan fingerprint density at radius 3 is 2.52 bits per heavy atom. The second kappa shape index (κ2) is 5.99. The third kappa shape index (κ3) is 2.79. The van der Waals surface area contributed by atoms with Gasteiger partial charge in [-0.1, -0.05) is 54.1 Å². The molecule has 0 amide bonds. The molecular formula is C18H11ClN2OS. The van der Waals surface area contributed by atoms with Gasteiger partial charge >= 0.3 is 0 Å². The lowest BCUT2D eigenvalue weighted by Crippen LogP contribution is -1.89. The molecule has 112 valence electrons. The van der Waals surface area contributed by atoms with Gasteiger partial charge in [0.15, 0.2) is 0 Å². The largest absolute Gasteiger partial charge is 0.437 e. The standard InChI is InChI=1S/C18H11ClN2OS/c19-14-8-4-5-9-15(14)22-17-13-10-16(12-6-2-1-3-7-12)23-18(13)21-11-20-17/h1-11H. The van der Waals surface area contributed by atoms with Crippen molar-refractivity contribution in [1.82, 2.24) is 9.97 Å². The highest BCUT2D eigenvalue weighted by Gasteiger charge is 2.12. The van der Waals surface area contributed by atoms with E-state index in [0.29, 0.717) is 16.7 Å². The number of hydrogen-bond donors (Lipinski definition) is 0. The zero-order valence-electron chi connectivity index (χ0n) is 11.9. The molecule has 0 N–H and O–H groups in total. The number of benzene rings is 2. The predicted octanol–water partition coefficient (Wildman–Crippen LogP) is 5.80. The van der Waals surface area contributed by atoms with Crippen LogP contribution >= 0.6 is 22.9 Å². The summed E-state index contributed by atoms with van der Waals surface area (Å²) in [5.41, 5.74) is 1.15. The second-order valence-electron chi connectivity index (χ2n) is 4.91. The van der Waals surface area contributed by atoms with Gasteiger partial charge in [-0.05, 0) is 23.8 Å². The highest BCUT2D eigenvalue weighted by Crippen LogP contribution is 2.38. The Kier molecular flexibility index (Phi) is 3.69. The Morgan fingerprint density at radius 2 is 1.70 bits per heavy atom. The van der Waals surface area contributed by atoms with E-state index >= 15 is 0 Å². The normalized spacial score (nSPS) is 10.8. The highest BCUT2D eigenvalue weighted by atomic mass is 35.5.